The molecule has 4 rings (SSSR count). The molecule has 0 aromatic heterocycles. The molecule has 3 heterocycles. The Kier molecular flexibility index (Phi) is 7.66. The Hall–Kier alpha value is -0.380. The Bertz CT molecular complexity index is 671. The lowest BCUT2D eigenvalue weighted by atomic mass is 9.74. The Morgan fingerprint density at radius 3 is 2.46 bits per heavy atom. The normalized spacial score (nSPS) is 27.1. The van der Waals surface area contributed by atoms with E-state index in [-0.39, 0.29) is 29.4 Å². The SMILES string of the molecule is CN=C(NCC1(c2ccc(Br)cc2)CCOCC1)N1CCC2(CCOC2)C1.I. The van der Waals surface area contributed by atoms with Crippen LogP contribution in [0.4, 0.5) is 0 Å². The van der Waals surface area contributed by atoms with E-state index in [1.807, 2.05) is 7.05 Å². The predicted octanol–water partition coefficient (Wildman–Crippen LogP) is 3.80. The van der Waals surface area contributed by atoms with Gasteiger partial charge < -0.3 is 19.7 Å². The third-order valence-electron chi connectivity index (χ3n) is 6.63. The first-order valence-electron chi connectivity index (χ1n) is 10.0. The van der Waals surface area contributed by atoms with Gasteiger partial charge >= 0.3 is 0 Å². The van der Waals surface area contributed by atoms with Crippen LogP contribution in [0.25, 0.3) is 0 Å². The molecule has 3 aliphatic rings. The number of benzene rings is 1. The highest BCUT2D eigenvalue weighted by atomic mass is 127. The van der Waals surface area contributed by atoms with E-state index in [0.717, 1.165) is 69.3 Å². The van der Waals surface area contributed by atoms with E-state index in [9.17, 15) is 0 Å². The van der Waals surface area contributed by atoms with Gasteiger partial charge in [0.25, 0.3) is 0 Å². The summed E-state index contributed by atoms with van der Waals surface area (Å²) in [4.78, 5) is 7.02. The summed E-state index contributed by atoms with van der Waals surface area (Å²) in [6.45, 7) is 6.47. The number of guanidine groups is 1. The Labute approximate surface area is 193 Å². The fraction of sp³-hybridized carbons (Fsp3) is 0.667. The minimum atomic E-state index is 0. The number of hydrogen-bond donors (Lipinski definition) is 1. The molecule has 0 aliphatic carbocycles. The standard InChI is InChI=1S/C21H30BrN3O2.HI/c1-23-19(25-10-6-20(15-25)7-11-27-16-20)24-14-21(8-12-26-13-9-21)17-2-4-18(22)5-3-17;/h2-5H,6-16H2,1H3,(H,23,24);1H. The van der Waals surface area contributed by atoms with Gasteiger partial charge in [-0.1, -0.05) is 28.1 Å². The molecule has 1 unspecified atom stereocenters. The molecular weight excluding hydrogens is 533 g/mol. The molecule has 1 aromatic carbocycles. The highest BCUT2D eigenvalue weighted by molar-refractivity contribution is 14.0. The molecule has 156 valence electrons. The summed E-state index contributed by atoms with van der Waals surface area (Å²) in [7, 11) is 1.90. The van der Waals surface area contributed by atoms with Crippen molar-refractivity contribution in [3.05, 3.63) is 34.3 Å². The van der Waals surface area contributed by atoms with Crippen molar-refractivity contribution in [2.45, 2.75) is 31.1 Å². The van der Waals surface area contributed by atoms with Gasteiger partial charge in [0.1, 0.15) is 0 Å². The number of nitrogens with zero attached hydrogens (tertiary/aromatic N) is 2. The van der Waals surface area contributed by atoms with Crippen molar-refractivity contribution >= 4 is 45.9 Å². The van der Waals surface area contributed by atoms with Gasteiger partial charge in [0.2, 0.25) is 0 Å². The molecule has 3 fully saturated rings. The van der Waals surface area contributed by atoms with Crippen molar-refractivity contribution in [3.63, 3.8) is 0 Å². The van der Waals surface area contributed by atoms with E-state index < -0.39 is 0 Å². The van der Waals surface area contributed by atoms with Crippen molar-refractivity contribution in [3.8, 4) is 0 Å². The molecule has 0 radical (unpaired) electrons. The van der Waals surface area contributed by atoms with Crippen LogP contribution in [0.2, 0.25) is 0 Å². The number of halogens is 2. The molecule has 1 atom stereocenters. The molecule has 0 saturated carbocycles. The number of aliphatic imine (C=N–C) groups is 1. The van der Waals surface area contributed by atoms with Crippen molar-refractivity contribution < 1.29 is 9.47 Å². The molecule has 3 saturated heterocycles. The summed E-state index contributed by atoms with van der Waals surface area (Å²) in [5.41, 5.74) is 1.83. The molecular formula is C21H31BrIN3O2. The Morgan fingerprint density at radius 2 is 1.82 bits per heavy atom. The number of hydrogen-bond acceptors (Lipinski definition) is 3. The van der Waals surface area contributed by atoms with Crippen molar-refractivity contribution in [1.82, 2.24) is 10.2 Å². The lowest BCUT2D eigenvalue weighted by Gasteiger charge is -2.39. The zero-order valence-corrected chi connectivity index (χ0v) is 20.5. The zero-order valence-electron chi connectivity index (χ0n) is 16.6. The van der Waals surface area contributed by atoms with Crippen LogP contribution < -0.4 is 5.32 Å². The molecule has 1 spiro atoms. The van der Waals surface area contributed by atoms with Crippen LogP contribution in [0.15, 0.2) is 33.7 Å². The van der Waals surface area contributed by atoms with Crippen molar-refractivity contribution in [2.24, 2.45) is 10.4 Å². The van der Waals surface area contributed by atoms with Crippen LogP contribution in [0.1, 0.15) is 31.2 Å². The summed E-state index contributed by atoms with van der Waals surface area (Å²) >= 11 is 3.56. The number of likely N-dealkylation sites (tertiary alicyclic amines) is 1. The van der Waals surface area contributed by atoms with Gasteiger partial charge in [-0.3, -0.25) is 4.99 Å². The van der Waals surface area contributed by atoms with E-state index in [4.69, 9.17) is 9.47 Å². The van der Waals surface area contributed by atoms with E-state index in [1.54, 1.807) is 0 Å². The maximum Gasteiger partial charge on any atom is 0.193 e. The van der Waals surface area contributed by atoms with Gasteiger partial charge in [-0.05, 0) is 43.4 Å². The average Bonchev–Trinajstić information content (AvgIpc) is 3.34. The third-order valence-corrected chi connectivity index (χ3v) is 7.15. The summed E-state index contributed by atoms with van der Waals surface area (Å²) in [6, 6.07) is 8.79. The fourth-order valence-corrected chi connectivity index (χ4v) is 5.07. The second kappa shape index (κ2) is 9.62. The highest BCUT2D eigenvalue weighted by Gasteiger charge is 2.42. The molecule has 0 amide bonds. The van der Waals surface area contributed by atoms with Gasteiger partial charge in [-0.15, -0.1) is 24.0 Å². The minimum absolute atomic E-state index is 0. The van der Waals surface area contributed by atoms with E-state index in [2.05, 4.69) is 55.4 Å². The van der Waals surface area contributed by atoms with Crippen LogP contribution >= 0.6 is 39.9 Å². The maximum atomic E-state index is 5.68. The Morgan fingerprint density at radius 1 is 1.11 bits per heavy atom. The second-order valence-corrected chi connectivity index (χ2v) is 9.19. The predicted molar refractivity (Wildman–Crippen MR) is 127 cm³/mol. The van der Waals surface area contributed by atoms with E-state index in [0.29, 0.717) is 5.41 Å². The van der Waals surface area contributed by atoms with E-state index in [1.165, 1.54) is 18.4 Å². The lowest BCUT2D eigenvalue weighted by Crippen LogP contribution is -2.49. The molecule has 5 nitrogen and oxygen atoms in total. The first-order valence-corrected chi connectivity index (χ1v) is 10.8. The highest BCUT2D eigenvalue weighted by Crippen LogP contribution is 2.38. The summed E-state index contributed by atoms with van der Waals surface area (Å²) < 4.78 is 12.5. The van der Waals surface area contributed by atoms with Crippen LogP contribution in [-0.4, -0.2) is 64.0 Å². The number of nitrogens with one attached hydrogen (secondary N) is 1. The van der Waals surface area contributed by atoms with Crippen LogP contribution in [-0.2, 0) is 14.9 Å². The minimum Gasteiger partial charge on any atom is -0.381 e. The van der Waals surface area contributed by atoms with Crippen LogP contribution in [0.5, 0.6) is 0 Å². The van der Waals surface area contributed by atoms with Gasteiger partial charge in [-0.2, -0.15) is 0 Å². The molecule has 3 aliphatic heterocycles. The Balaban J connectivity index is 0.00000225. The van der Waals surface area contributed by atoms with Gasteiger partial charge in [0, 0.05) is 61.8 Å². The third kappa shape index (κ3) is 4.68. The summed E-state index contributed by atoms with van der Waals surface area (Å²) in [5, 5.41) is 3.71. The first-order chi connectivity index (χ1) is 13.1. The summed E-state index contributed by atoms with van der Waals surface area (Å²) in [5.74, 6) is 1.03. The lowest BCUT2D eigenvalue weighted by molar-refractivity contribution is 0.0512. The zero-order chi connectivity index (χ0) is 18.7. The fourth-order valence-electron chi connectivity index (χ4n) is 4.80. The molecule has 1 N–H and O–H groups in total. The smallest absolute Gasteiger partial charge is 0.193 e. The quantitative estimate of drug-likeness (QED) is 0.345. The van der Waals surface area contributed by atoms with Gasteiger partial charge in [0.15, 0.2) is 5.96 Å². The van der Waals surface area contributed by atoms with Crippen LogP contribution in [0, 0.1) is 5.41 Å². The van der Waals surface area contributed by atoms with Crippen molar-refractivity contribution in [2.75, 3.05) is 53.1 Å². The van der Waals surface area contributed by atoms with Crippen LogP contribution in [0.3, 0.4) is 0 Å². The molecule has 1 aromatic rings. The topological polar surface area (TPSA) is 46.1 Å². The van der Waals surface area contributed by atoms with Crippen molar-refractivity contribution in [1.29, 1.82) is 0 Å². The molecule has 28 heavy (non-hydrogen) atoms. The second-order valence-electron chi connectivity index (χ2n) is 8.27. The van der Waals surface area contributed by atoms with Gasteiger partial charge in [0.05, 0.1) is 6.61 Å². The van der Waals surface area contributed by atoms with E-state index >= 15 is 0 Å². The number of rotatable bonds is 3. The largest absolute Gasteiger partial charge is 0.381 e. The average molecular weight is 564 g/mol. The molecule has 7 heteroatoms. The number of ether oxygens (including phenoxy) is 2. The summed E-state index contributed by atoms with van der Waals surface area (Å²) in [6.07, 6.45) is 4.47. The molecule has 0 bridgehead atoms. The first kappa shape index (κ1) is 22.3. The van der Waals surface area contributed by atoms with Gasteiger partial charge in [-0.25, -0.2) is 0 Å². The monoisotopic (exact) mass is 563 g/mol. The maximum absolute atomic E-state index is 5.68.